The van der Waals surface area contributed by atoms with Crippen LogP contribution in [0, 0.1) is 5.92 Å². The fourth-order valence-corrected chi connectivity index (χ4v) is 3.06. The van der Waals surface area contributed by atoms with Gasteiger partial charge in [-0.2, -0.15) is 0 Å². The molecule has 0 bridgehead atoms. The van der Waals surface area contributed by atoms with E-state index in [0.717, 1.165) is 18.5 Å². The molecule has 0 atom stereocenters. The Bertz CT molecular complexity index is 422. The highest BCUT2D eigenvalue weighted by molar-refractivity contribution is 5.48. The van der Waals surface area contributed by atoms with Gasteiger partial charge in [0.2, 0.25) is 0 Å². The molecule has 1 fully saturated rings. The quantitative estimate of drug-likeness (QED) is 0.871. The molecule has 1 aliphatic rings. The van der Waals surface area contributed by atoms with Crippen LogP contribution in [0.5, 0.6) is 0 Å². The number of hydrogen-bond donors (Lipinski definition) is 1. The molecule has 0 radical (unpaired) electrons. The van der Waals surface area contributed by atoms with Crippen molar-refractivity contribution >= 4 is 5.69 Å². The standard InChI is InChI=1S/C19H32N2/c1-15-6-10-17(11-7-15)21(5)18-12-8-16(9-13-18)14-20-19(2,3)4/h8-9,12-13,15,17,20H,6-7,10-11,14H2,1-5H3. The number of nitrogens with one attached hydrogen (secondary N) is 1. The van der Waals surface area contributed by atoms with Crippen LogP contribution in [-0.2, 0) is 6.54 Å². The lowest BCUT2D eigenvalue weighted by molar-refractivity contribution is 0.341. The summed E-state index contributed by atoms with van der Waals surface area (Å²) in [4.78, 5) is 2.48. The molecule has 21 heavy (non-hydrogen) atoms. The zero-order valence-corrected chi connectivity index (χ0v) is 14.4. The highest BCUT2D eigenvalue weighted by atomic mass is 15.1. The van der Waals surface area contributed by atoms with E-state index in [1.165, 1.54) is 36.9 Å². The third-order valence-corrected chi connectivity index (χ3v) is 4.70. The largest absolute Gasteiger partial charge is 0.372 e. The number of anilines is 1. The van der Waals surface area contributed by atoms with Crippen LogP contribution >= 0.6 is 0 Å². The number of rotatable bonds is 4. The van der Waals surface area contributed by atoms with Crippen LogP contribution in [0.15, 0.2) is 24.3 Å². The van der Waals surface area contributed by atoms with Gasteiger partial charge in [0.15, 0.2) is 0 Å². The topological polar surface area (TPSA) is 15.3 Å². The van der Waals surface area contributed by atoms with Gasteiger partial charge in [-0.3, -0.25) is 0 Å². The van der Waals surface area contributed by atoms with Gasteiger partial charge in [0.1, 0.15) is 0 Å². The van der Waals surface area contributed by atoms with Crippen molar-refractivity contribution in [3.05, 3.63) is 29.8 Å². The minimum atomic E-state index is 0.175. The van der Waals surface area contributed by atoms with E-state index in [-0.39, 0.29) is 5.54 Å². The molecule has 0 amide bonds. The second kappa shape index (κ2) is 6.83. The van der Waals surface area contributed by atoms with E-state index in [9.17, 15) is 0 Å². The monoisotopic (exact) mass is 288 g/mol. The molecule has 0 spiro atoms. The van der Waals surface area contributed by atoms with Crippen LogP contribution in [0.1, 0.15) is 58.9 Å². The highest BCUT2D eigenvalue weighted by Crippen LogP contribution is 2.29. The van der Waals surface area contributed by atoms with Gasteiger partial charge in [-0.1, -0.05) is 19.1 Å². The minimum absolute atomic E-state index is 0.175. The molecule has 0 aliphatic heterocycles. The molecule has 2 nitrogen and oxygen atoms in total. The first-order chi connectivity index (χ1) is 9.85. The predicted octanol–water partition coefficient (Wildman–Crippen LogP) is 4.59. The van der Waals surface area contributed by atoms with Crippen LogP contribution in [0.25, 0.3) is 0 Å². The highest BCUT2D eigenvalue weighted by Gasteiger charge is 2.21. The summed E-state index contributed by atoms with van der Waals surface area (Å²) in [6.07, 6.45) is 5.43. The second-order valence-electron chi connectivity index (χ2n) is 7.79. The van der Waals surface area contributed by atoms with Crippen molar-refractivity contribution in [3.63, 3.8) is 0 Å². The van der Waals surface area contributed by atoms with Gasteiger partial charge in [0, 0.05) is 30.9 Å². The average molecular weight is 288 g/mol. The van der Waals surface area contributed by atoms with Crippen LogP contribution in [0.4, 0.5) is 5.69 Å². The molecule has 0 heterocycles. The Morgan fingerprint density at radius 2 is 1.62 bits per heavy atom. The van der Waals surface area contributed by atoms with Crippen molar-refractivity contribution in [1.29, 1.82) is 0 Å². The Hall–Kier alpha value is -1.02. The van der Waals surface area contributed by atoms with Gasteiger partial charge in [0.25, 0.3) is 0 Å². The number of nitrogens with zero attached hydrogens (tertiary/aromatic N) is 1. The van der Waals surface area contributed by atoms with Crippen molar-refractivity contribution in [3.8, 4) is 0 Å². The van der Waals surface area contributed by atoms with E-state index in [1.807, 2.05) is 0 Å². The molecule has 118 valence electrons. The summed E-state index contributed by atoms with van der Waals surface area (Å²) in [5, 5.41) is 3.54. The Labute approximate surface area is 130 Å². The van der Waals surface area contributed by atoms with E-state index in [0.29, 0.717) is 0 Å². The lowest BCUT2D eigenvalue weighted by Crippen LogP contribution is -2.35. The summed E-state index contributed by atoms with van der Waals surface area (Å²) < 4.78 is 0. The average Bonchev–Trinajstić information content (AvgIpc) is 2.45. The molecule has 0 aromatic heterocycles. The first-order valence-electron chi connectivity index (χ1n) is 8.42. The molecule has 1 aliphatic carbocycles. The molecule has 1 saturated carbocycles. The molecule has 1 aromatic rings. The summed E-state index contributed by atoms with van der Waals surface area (Å²) >= 11 is 0. The first kappa shape index (κ1) is 16.4. The maximum Gasteiger partial charge on any atom is 0.0366 e. The molecular weight excluding hydrogens is 256 g/mol. The lowest BCUT2D eigenvalue weighted by atomic mass is 9.86. The van der Waals surface area contributed by atoms with Crippen molar-refractivity contribution in [2.75, 3.05) is 11.9 Å². The predicted molar refractivity (Wildman–Crippen MR) is 92.9 cm³/mol. The SMILES string of the molecule is CC1CCC(N(C)c2ccc(CNC(C)(C)C)cc2)CC1. The van der Waals surface area contributed by atoms with Crippen LogP contribution in [0.3, 0.4) is 0 Å². The van der Waals surface area contributed by atoms with Gasteiger partial charge in [-0.15, -0.1) is 0 Å². The number of hydrogen-bond acceptors (Lipinski definition) is 2. The molecular formula is C19H32N2. The third-order valence-electron chi connectivity index (χ3n) is 4.70. The van der Waals surface area contributed by atoms with Crippen LogP contribution < -0.4 is 10.2 Å². The fourth-order valence-electron chi connectivity index (χ4n) is 3.06. The van der Waals surface area contributed by atoms with Gasteiger partial charge in [0.05, 0.1) is 0 Å². The second-order valence-corrected chi connectivity index (χ2v) is 7.79. The van der Waals surface area contributed by atoms with Crippen LogP contribution in [-0.4, -0.2) is 18.6 Å². The maximum absolute atomic E-state index is 3.54. The first-order valence-corrected chi connectivity index (χ1v) is 8.42. The van der Waals surface area contributed by atoms with E-state index in [4.69, 9.17) is 0 Å². The van der Waals surface area contributed by atoms with Gasteiger partial charge in [-0.25, -0.2) is 0 Å². The molecule has 1 N–H and O–H groups in total. The summed E-state index contributed by atoms with van der Waals surface area (Å²) in [5.74, 6) is 0.917. The Morgan fingerprint density at radius 1 is 1.05 bits per heavy atom. The zero-order chi connectivity index (χ0) is 15.5. The Kier molecular flexibility index (Phi) is 5.32. The molecule has 1 aromatic carbocycles. The van der Waals surface area contributed by atoms with E-state index >= 15 is 0 Å². The number of benzene rings is 1. The molecule has 0 unspecified atom stereocenters. The van der Waals surface area contributed by atoms with Gasteiger partial charge < -0.3 is 10.2 Å². The molecule has 0 saturated heterocycles. The maximum atomic E-state index is 3.54. The molecule has 2 heteroatoms. The summed E-state index contributed by atoms with van der Waals surface area (Å²) in [6, 6.07) is 9.79. The lowest BCUT2D eigenvalue weighted by Gasteiger charge is -2.35. The van der Waals surface area contributed by atoms with Crippen molar-refractivity contribution < 1.29 is 0 Å². The Balaban J connectivity index is 1.92. The van der Waals surface area contributed by atoms with E-state index in [2.05, 4.69) is 69.2 Å². The van der Waals surface area contributed by atoms with Gasteiger partial charge >= 0.3 is 0 Å². The van der Waals surface area contributed by atoms with Crippen molar-refractivity contribution in [1.82, 2.24) is 5.32 Å². The zero-order valence-electron chi connectivity index (χ0n) is 14.4. The smallest absolute Gasteiger partial charge is 0.0366 e. The van der Waals surface area contributed by atoms with E-state index < -0.39 is 0 Å². The normalized spacial score (nSPS) is 23.1. The summed E-state index contributed by atoms with van der Waals surface area (Å²) in [7, 11) is 2.25. The van der Waals surface area contributed by atoms with E-state index in [1.54, 1.807) is 0 Å². The van der Waals surface area contributed by atoms with Crippen molar-refractivity contribution in [2.24, 2.45) is 5.92 Å². The summed E-state index contributed by atoms with van der Waals surface area (Å²) in [5.41, 5.74) is 2.89. The van der Waals surface area contributed by atoms with Gasteiger partial charge in [-0.05, 0) is 70.1 Å². The minimum Gasteiger partial charge on any atom is -0.372 e. The molecule has 2 rings (SSSR count). The van der Waals surface area contributed by atoms with Crippen LogP contribution in [0.2, 0.25) is 0 Å². The van der Waals surface area contributed by atoms with Crippen molar-refractivity contribution in [2.45, 2.75) is 71.5 Å². The third kappa shape index (κ3) is 5.03. The Morgan fingerprint density at radius 3 is 2.14 bits per heavy atom. The summed E-state index contributed by atoms with van der Waals surface area (Å²) in [6.45, 7) is 9.94. The fraction of sp³-hybridized carbons (Fsp3) is 0.684.